The van der Waals surface area contributed by atoms with Crippen molar-refractivity contribution in [2.45, 2.75) is 18.9 Å². The van der Waals surface area contributed by atoms with Crippen LogP contribution in [0.15, 0.2) is 42.5 Å². The van der Waals surface area contributed by atoms with E-state index in [0.717, 1.165) is 5.56 Å². The Labute approximate surface area is 150 Å². The van der Waals surface area contributed by atoms with Crippen LogP contribution in [0.4, 0.5) is 4.39 Å². The Hall–Kier alpha value is -2.80. The standard InChI is InChI=1S/C19H20FN3O3/c1-19(18(21)25)12-23(8-9-26-19)17(24)16-7-3-6-15(22-16)11-13-4-2-5-14(20)10-13/h2-7,10H,8-9,11-12H2,1H3,(H2,21,25). The lowest BCUT2D eigenvalue weighted by atomic mass is 10.0. The van der Waals surface area contributed by atoms with Crippen LogP contribution in [0.5, 0.6) is 0 Å². The van der Waals surface area contributed by atoms with Crippen molar-refractivity contribution in [2.24, 2.45) is 5.73 Å². The highest BCUT2D eigenvalue weighted by Crippen LogP contribution is 2.19. The van der Waals surface area contributed by atoms with Crippen LogP contribution in [-0.4, -0.2) is 47.0 Å². The molecule has 1 unspecified atom stereocenters. The third kappa shape index (κ3) is 3.88. The lowest BCUT2D eigenvalue weighted by Crippen LogP contribution is -2.58. The smallest absolute Gasteiger partial charge is 0.272 e. The van der Waals surface area contributed by atoms with Gasteiger partial charge in [0.25, 0.3) is 11.8 Å². The van der Waals surface area contributed by atoms with E-state index in [1.807, 2.05) is 0 Å². The Balaban J connectivity index is 1.77. The monoisotopic (exact) mass is 357 g/mol. The maximum atomic E-state index is 13.3. The minimum atomic E-state index is -1.20. The first-order valence-electron chi connectivity index (χ1n) is 8.31. The van der Waals surface area contributed by atoms with E-state index in [0.29, 0.717) is 18.7 Å². The van der Waals surface area contributed by atoms with Gasteiger partial charge in [-0.1, -0.05) is 18.2 Å². The van der Waals surface area contributed by atoms with Crippen LogP contribution in [-0.2, 0) is 16.0 Å². The highest BCUT2D eigenvalue weighted by Gasteiger charge is 2.39. The van der Waals surface area contributed by atoms with Crippen molar-refractivity contribution >= 4 is 11.8 Å². The Morgan fingerprint density at radius 3 is 2.81 bits per heavy atom. The molecule has 1 aliphatic heterocycles. The maximum absolute atomic E-state index is 13.3. The van der Waals surface area contributed by atoms with Crippen molar-refractivity contribution in [1.29, 1.82) is 0 Å². The summed E-state index contributed by atoms with van der Waals surface area (Å²) in [7, 11) is 0. The molecule has 2 N–H and O–H groups in total. The van der Waals surface area contributed by atoms with Crippen LogP contribution in [0.1, 0.15) is 28.7 Å². The quantitative estimate of drug-likeness (QED) is 0.899. The lowest BCUT2D eigenvalue weighted by Gasteiger charge is -2.38. The first-order valence-corrected chi connectivity index (χ1v) is 8.31. The van der Waals surface area contributed by atoms with E-state index in [1.54, 1.807) is 37.3 Å². The summed E-state index contributed by atoms with van der Waals surface area (Å²) in [5.74, 6) is -1.21. The molecule has 7 heteroatoms. The molecule has 0 spiro atoms. The van der Waals surface area contributed by atoms with Gasteiger partial charge in [-0.25, -0.2) is 9.37 Å². The van der Waals surface area contributed by atoms with E-state index in [2.05, 4.69) is 4.98 Å². The fourth-order valence-corrected chi connectivity index (χ4v) is 2.91. The van der Waals surface area contributed by atoms with Gasteiger partial charge in [-0.3, -0.25) is 9.59 Å². The molecule has 6 nitrogen and oxygen atoms in total. The van der Waals surface area contributed by atoms with Crippen LogP contribution >= 0.6 is 0 Å². The number of nitrogens with two attached hydrogens (primary N) is 1. The number of carbonyl (C=O) groups excluding carboxylic acids is 2. The van der Waals surface area contributed by atoms with Gasteiger partial charge in [0, 0.05) is 18.7 Å². The molecule has 1 fully saturated rings. The van der Waals surface area contributed by atoms with Gasteiger partial charge in [-0.2, -0.15) is 0 Å². The number of amides is 2. The number of hydrogen-bond acceptors (Lipinski definition) is 4. The Morgan fingerprint density at radius 1 is 1.31 bits per heavy atom. The van der Waals surface area contributed by atoms with Crippen molar-refractivity contribution in [3.63, 3.8) is 0 Å². The predicted molar refractivity (Wildman–Crippen MR) is 92.9 cm³/mol. The Morgan fingerprint density at radius 2 is 2.08 bits per heavy atom. The minimum Gasteiger partial charge on any atom is -0.367 e. The molecule has 0 radical (unpaired) electrons. The molecule has 1 aromatic carbocycles. The first-order chi connectivity index (χ1) is 12.4. The molecule has 1 saturated heterocycles. The van der Waals surface area contributed by atoms with Crippen molar-refractivity contribution in [3.8, 4) is 0 Å². The fraction of sp³-hybridized carbons (Fsp3) is 0.316. The number of rotatable bonds is 4. The van der Waals surface area contributed by atoms with Crippen LogP contribution in [0.3, 0.4) is 0 Å². The summed E-state index contributed by atoms with van der Waals surface area (Å²) in [5.41, 5.74) is 5.88. The molecule has 0 aliphatic carbocycles. The topological polar surface area (TPSA) is 85.5 Å². The zero-order valence-corrected chi connectivity index (χ0v) is 14.4. The molecule has 1 atom stereocenters. The molecule has 2 aromatic rings. The van der Waals surface area contributed by atoms with E-state index in [-0.39, 0.29) is 30.6 Å². The molecular formula is C19H20FN3O3. The number of halogens is 1. The summed E-state index contributed by atoms with van der Waals surface area (Å²) < 4.78 is 18.8. The predicted octanol–water partition coefficient (Wildman–Crippen LogP) is 1.53. The van der Waals surface area contributed by atoms with Gasteiger partial charge in [-0.15, -0.1) is 0 Å². The zero-order chi connectivity index (χ0) is 18.7. The number of primary amides is 1. The van der Waals surface area contributed by atoms with Crippen LogP contribution in [0, 0.1) is 5.82 Å². The van der Waals surface area contributed by atoms with Gasteiger partial charge in [-0.05, 0) is 36.8 Å². The second kappa shape index (κ2) is 7.21. The normalized spacial score (nSPS) is 20.0. The lowest BCUT2D eigenvalue weighted by molar-refractivity contribution is -0.150. The molecule has 2 heterocycles. The molecule has 0 bridgehead atoms. The summed E-state index contributed by atoms with van der Waals surface area (Å²) in [6.45, 7) is 2.24. The Kier molecular flexibility index (Phi) is 4.99. The number of aromatic nitrogens is 1. The molecule has 2 amide bonds. The van der Waals surface area contributed by atoms with Gasteiger partial charge < -0.3 is 15.4 Å². The van der Waals surface area contributed by atoms with Crippen LogP contribution in [0.2, 0.25) is 0 Å². The van der Waals surface area contributed by atoms with Gasteiger partial charge in [0.2, 0.25) is 0 Å². The fourth-order valence-electron chi connectivity index (χ4n) is 2.91. The number of carbonyl (C=O) groups is 2. The summed E-state index contributed by atoms with van der Waals surface area (Å²) in [5, 5.41) is 0. The summed E-state index contributed by atoms with van der Waals surface area (Å²) in [6, 6.07) is 11.4. The van der Waals surface area contributed by atoms with Gasteiger partial charge in [0.15, 0.2) is 5.60 Å². The average molecular weight is 357 g/mol. The summed E-state index contributed by atoms with van der Waals surface area (Å²) in [6.07, 6.45) is 0.418. The zero-order valence-electron chi connectivity index (χ0n) is 14.4. The van der Waals surface area contributed by atoms with Crippen molar-refractivity contribution in [3.05, 3.63) is 65.2 Å². The van der Waals surface area contributed by atoms with Gasteiger partial charge in [0.05, 0.1) is 13.2 Å². The first kappa shape index (κ1) is 18.0. The van der Waals surface area contributed by atoms with Crippen molar-refractivity contribution in [1.82, 2.24) is 9.88 Å². The molecule has 26 heavy (non-hydrogen) atoms. The number of benzene rings is 1. The number of hydrogen-bond donors (Lipinski definition) is 1. The van der Waals surface area contributed by atoms with Gasteiger partial charge in [0.1, 0.15) is 11.5 Å². The second-order valence-electron chi connectivity index (χ2n) is 6.49. The second-order valence-corrected chi connectivity index (χ2v) is 6.49. The average Bonchev–Trinajstić information content (AvgIpc) is 2.61. The number of morpholine rings is 1. The molecular weight excluding hydrogens is 337 g/mol. The van der Waals surface area contributed by atoms with E-state index >= 15 is 0 Å². The third-order valence-corrected chi connectivity index (χ3v) is 4.38. The SMILES string of the molecule is CC1(C(N)=O)CN(C(=O)c2cccc(Cc3cccc(F)c3)n2)CCO1. The van der Waals surface area contributed by atoms with E-state index in [9.17, 15) is 14.0 Å². The largest absolute Gasteiger partial charge is 0.367 e. The van der Waals surface area contributed by atoms with Crippen LogP contribution < -0.4 is 5.73 Å². The van der Waals surface area contributed by atoms with Crippen LogP contribution in [0.25, 0.3) is 0 Å². The van der Waals surface area contributed by atoms with Crippen molar-refractivity contribution in [2.75, 3.05) is 19.7 Å². The highest BCUT2D eigenvalue weighted by atomic mass is 19.1. The maximum Gasteiger partial charge on any atom is 0.272 e. The third-order valence-electron chi connectivity index (χ3n) is 4.38. The highest BCUT2D eigenvalue weighted by molar-refractivity contribution is 5.93. The summed E-state index contributed by atoms with van der Waals surface area (Å²) in [4.78, 5) is 30.3. The molecule has 1 aliphatic rings. The number of nitrogens with zero attached hydrogens (tertiary/aromatic N) is 2. The molecule has 0 saturated carbocycles. The summed E-state index contributed by atoms with van der Waals surface area (Å²) >= 11 is 0. The molecule has 1 aromatic heterocycles. The van der Waals surface area contributed by atoms with Crippen molar-refractivity contribution < 1.29 is 18.7 Å². The van der Waals surface area contributed by atoms with E-state index in [1.165, 1.54) is 17.0 Å². The Bertz CT molecular complexity index is 842. The van der Waals surface area contributed by atoms with E-state index in [4.69, 9.17) is 10.5 Å². The minimum absolute atomic E-state index is 0.0803. The number of ether oxygens (including phenoxy) is 1. The van der Waals surface area contributed by atoms with E-state index < -0.39 is 11.5 Å². The number of pyridine rings is 1. The molecule has 3 rings (SSSR count). The molecule has 136 valence electrons. The van der Waals surface area contributed by atoms with Gasteiger partial charge >= 0.3 is 0 Å².